The number of hydrogen-bond donors (Lipinski definition) is 3. The highest BCUT2D eigenvalue weighted by Gasteiger charge is 2.51. The van der Waals surface area contributed by atoms with Crippen LogP contribution in [0.4, 0.5) is 19.3 Å². The second kappa shape index (κ2) is 8.54. The van der Waals surface area contributed by atoms with E-state index in [9.17, 15) is 28.0 Å². The van der Waals surface area contributed by atoms with Gasteiger partial charge < -0.3 is 16.0 Å². The molecule has 1 aliphatic heterocycles. The highest BCUT2D eigenvalue weighted by molar-refractivity contribution is 6.07. The van der Waals surface area contributed by atoms with Crippen LogP contribution < -0.4 is 16.0 Å². The third-order valence-electron chi connectivity index (χ3n) is 5.16. The first-order valence-electron chi connectivity index (χ1n) is 9.46. The van der Waals surface area contributed by atoms with Gasteiger partial charge in [0, 0.05) is 24.7 Å². The first-order chi connectivity index (χ1) is 13.8. The Morgan fingerprint density at radius 1 is 1.07 bits per heavy atom. The van der Waals surface area contributed by atoms with Gasteiger partial charge in [0.25, 0.3) is 5.91 Å². The van der Waals surface area contributed by atoms with Gasteiger partial charge in [-0.3, -0.25) is 19.3 Å². The quantitative estimate of drug-likeness (QED) is 0.622. The molecule has 2 fully saturated rings. The van der Waals surface area contributed by atoms with E-state index < -0.39 is 35.0 Å². The molecule has 1 aromatic carbocycles. The van der Waals surface area contributed by atoms with Crippen molar-refractivity contribution in [3.05, 3.63) is 29.8 Å². The number of anilines is 1. The van der Waals surface area contributed by atoms with Gasteiger partial charge in [0.1, 0.15) is 5.54 Å². The summed E-state index contributed by atoms with van der Waals surface area (Å²) in [4.78, 5) is 49.6. The van der Waals surface area contributed by atoms with Gasteiger partial charge in [0.15, 0.2) is 11.6 Å². The van der Waals surface area contributed by atoms with E-state index >= 15 is 0 Å². The smallest absolute Gasteiger partial charge is 0.325 e. The number of amides is 5. The van der Waals surface area contributed by atoms with Gasteiger partial charge in [-0.1, -0.05) is 19.3 Å². The number of nitrogens with zero attached hydrogens (tertiary/aromatic N) is 1. The van der Waals surface area contributed by atoms with Gasteiger partial charge >= 0.3 is 6.03 Å². The van der Waals surface area contributed by atoms with Crippen LogP contribution in [0.25, 0.3) is 0 Å². The average molecular weight is 408 g/mol. The fraction of sp³-hybridized carbons (Fsp3) is 0.474. The number of carbonyl (C=O) groups excluding carboxylic acids is 4. The Hall–Kier alpha value is -3.04. The van der Waals surface area contributed by atoms with Crippen LogP contribution in [-0.4, -0.2) is 47.3 Å². The molecule has 0 bridgehead atoms. The Balaban J connectivity index is 1.43. The third-order valence-corrected chi connectivity index (χ3v) is 5.16. The zero-order chi connectivity index (χ0) is 21.0. The van der Waals surface area contributed by atoms with Crippen molar-refractivity contribution in [2.75, 3.05) is 18.4 Å². The summed E-state index contributed by atoms with van der Waals surface area (Å²) in [6, 6.07) is 2.39. The molecule has 10 heteroatoms. The molecule has 0 atom stereocenters. The summed E-state index contributed by atoms with van der Waals surface area (Å²) >= 11 is 0. The van der Waals surface area contributed by atoms with E-state index in [1.807, 2.05) is 0 Å². The lowest BCUT2D eigenvalue weighted by atomic mass is 9.82. The maximum Gasteiger partial charge on any atom is 0.325 e. The number of nitrogens with one attached hydrogen (secondary N) is 3. The highest BCUT2D eigenvalue weighted by Crippen LogP contribution is 2.33. The molecule has 5 amide bonds. The number of urea groups is 1. The topological polar surface area (TPSA) is 108 Å². The molecule has 0 radical (unpaired) electrons. The first-order valence-corrected chi connectivity index (χ1v) is 9.46. The summed E-state index contributed by atoms with van der Waals surface area (Å²) in [7, 11) is 0. The van der Waals surface area contributed by atoms with Crippen molar-refractivity contribution in [3.63, 3.8) is 0 Å². The lowest BCUT2D eigenvalue weighted by molar-refractivity contribution is -0.133. The molecule has 1 heterocycles. The molecular weight excluding hydrogens is 386 g/mol. The summed E-state index contributed by atoms with van der Waals surface area (Å²) in [6.07, 6.45) is 3.82. The van der Waals surface area contributed by atoms with Crippen molar-refractivity contribution < 1.29 is 28.0 Å². The lowest BCUT2D eigenvalue weighted by Crippen LogP contribution is -2.48. The first kappa shape index (κ1) is 20.7. The SMILES string of the molecule is O=C(CCN1C(=O)NC2(CCCCC2)C1=O)NCC(=O)Nc1ccc(F)c(F)c1. The molecule has 29 heavy (non-hydrogen) atoms. The van der Waals surface area contributed by atoms with Gasteiger partial charge in [0.2, 0.25) is 11.8 Å². The molecule has 1 aromatic rings. The Labute approximate surface area is 166 Å². The number of rotatable bonds is 6. The number of halogens is 2. The molecule has 2 aliphatic rings. The Morgan fingerprint density at radius 3 is 2.48 bits per heavy atom. The second-order valence-electron chi connectivity index (χ2n) is 7.23. The van der Waals surface area contributed by atoms with Crippen LogP contribution in [0.2, 0.25) is 0 Å². The van der Waals surface area contributed by atoms with E-state index in [2.05, 4.69) is 16.0 Å². The zero-order valence-corrected chi connectivity index (χ0v) is 15.7. The van der Waals surface area contributed by atoms with Gasteiger partial charge in [-0.05, 0) is 25.0 Å². The molecule has 3 rings (SSSR count). The summed E-state index contributed by atoms with van der Waals surface area (Å²) in [5, 5.41) is 7.45. The van der Waals surface area contributed by atoms with Gasteiger partial charge in [0.05, 0.1) is 6.54 Å². The predicted molar refractivity (Wildman–Crippen MR) is 98.7 cm³/mol. The molecular formula is C19H22F2N4O4. The van der Waals surface area contributed by atoms with Gasteiger partial charge in [-0.15, -0.1) is 0 Å². The molecule has 8 nitrogen and oxygen atoms in total. The van der Waals surface area contributed by atoms with Gasteiger partial charge in [-0.2, -0.15) is 0 Å². The maximum absolute atomic E-state index is 13.1. The minimum Gasteiger partial charge on any atom is -0.347 e. The van der Waals surface area contributed by atoms with Crippen LogP contribution in [-0.2, 0) is 14.4 Å². The molecule has 0 unspecified atom stereocenters. The van der Waals surface area contributed by atoms with E-state index in [4.69, 9.17) is 0 Å². The van der Waals surface area contributed by atoms with E-state index in [-0.39, 0.29) is 31.1 Å². The van der Waals surface area contributed by atoms with Crippen molar-refractivity contribution in [2.45, 2.75) is 44.1 Å². The van der Waals surface area contributed by atoms with Crippen LogP contribution in [0.1, 0.15) is 38.5 Å². The minimum absolute atomic E-state index is 0.0558. The van der Waals surface area contributed by atoms with Crippen molar-refractivity contribution >= 4 is 29.4 Å². The monoisotopic (exact) mass is 408 g/mol. The highest BCUT2D eigenvalue weighted by atomic mass is 19.2. The lowest BCUT2D eigenvalue weighted by Gasteiger charge is -2.30. The number of imide groups is 1. The largest absolute Gasteiger partial charge is 0.347 e. The molecule has 156 valence electrons. The van der Waals surface area contributed by atoms with Crippen LogP contribution in [0, 0.1) is 11.6 Å². The predicted octanol–water partition coefficient (Wildman–Crippen LogP) is 1.66. The van der Waals surface area contributed by atoms with Crippen LogP contribution in [0.5, 0.6) is 0 Å². The third kappa shape index (κ3) is 4.69. The second-order valence-corrected chi connectivity index (χ2v) is 7.23. The van der Waals surface area contributed by atoms with E-state index in [0.717, 1.165) is 36.3 Å². The van der Waals surface area contributed by atoms with E-state index in [1.165, 1.54) is 6.07 Å². The van der Waals surface area contributed by atoms with Crippen molar-refractivity contribution in [1.29, 1.82) is 0 Å². The summed E-state index contributed by atoms with van der Waals surface area (Å²) in [5.41, 5.74) is -0.781. The van der Waals surface area contributed by atoms with E-state index in [1.54, 1.807) is 0 Å². The minimum atomic E-state index is -1.10. The molecule has 1 spiro atoms. The van der Waals surface area contributed by atoms with Crippen molar-refractivity contribution in [2.24, 2.45) is 0 Å². The van der Waals surface area contributed by atoms with Crippen molar-refractivity contribution in [3.8, 4) is 0 Å². The zero-order valence-electron chi connectivity index (χ0n) is 15.7. The number of carbonyl (C=O) groups is 4. The molecule has 1 saturated carbocycles. The fourth-order valence-electron chi connectivity index (χ4n) is 3.63. The number of benzene rings is 1. The normalized spacial score (nSPS) is 17.9. The van der Waals surface area contributed by atoms with Crippen LogP contribution >= 0.6 is 0 Å². The molecule has 0 aromatic heterocycles. The van der Waals surface area contributed by atoms with Crippen LogP contribution in [0.15, 0.2) is 18.2 Å². The fourth-order valence-corrected chi connectivity index (χ4v) is 3.63. The molecule has 1 aliphatic carbocycles. The average Bonchev–Trinajstić information content (AvgIpc) is 2.91. The maximum atomic E-state index is 13.1. The summed E-state index contributed by atoms with van der Waals surface area (Å²) in [5.74, 6) is -3.58. The van der Waals surface area contributed by atoms with E-state index in [0.29, 0.717) is 12.8 Å². The summed E-state index contributed by atoms with van der Waals surface area (Å²) < 4.78 is 26.0. The Kier molecular flexibility index (Phi) is 6.09. The van der Waals surface area contributed by atoms with Crippen molar-refractivity contribution in [1.82, 2.24) is 15.5 Å². The number of hydrogen-bond acceptors (Lipinski definition) is 4. The van der Waals surface area contributed by atoms with Gasteiger partial charge in [-0.25, -0.2) is 13.6 Å². The standard InChI is InChI=1S/C19H22F2N4O4/c20-13-5-4-12(10-14(13)21)23-16(27)11-22-15(26)6-9-25-17(28)19(24-18(25)29)7-2-1-3-8-19/h4-5,10H,1-3,6-9,11H2,(H,22,26)(H,23,27)(H,24,29). The molecule has 3 N–H and O–H groups in total. The Bertz CT molecular complexity index is 839. The summed E-state index contributed by atoms with van der Waals surface area (Å²) in [6.45, 7) is -0.467. The van der Waals surface area contributed by atoms with Crippen LogP contribution in [0.3, 0.4) is 0 Å². The molecule has 1 saturated heterocycles. The Morgan fingerprint density at radius 2 is 1.79 bits per heavy atom.